The molecule has 0 saturated heterocycles. The predicted molar refractivity (Wildman–Crippen MR) is 60.8 cm³/mol. The van der Waals surface area contributed by atoms with Crippen molar-refractivity contribution in [3.63, 3.8) is 0 Å². The Bertz CT molecular complexity index is 431. The zero-order valence-corrected chi connectivity index (χ0v) is 8.85. The highest BCUT2D eigenvalue weighted by molar-refractivity contribution is 5.34. The monoisotopic (exact) mass is 201 g/mol. The van der Waals surface area contributed by atoms with Crippen LogP contribution in [0.3, 0.4) is 0 Å². The zero-order chi connectivity index (χ0) is 10.7. The first-order valence-corrected chi connectivity index (χ1v) is 5.18. The van der Waals surface area contributed by atoms with Crippen molar-refractivity contribution in [2.45, 2.75) is 19.9 Å². The van der Waals surface area contributed by atoms with Crippen molar-refractivity contribution in [3.05, 3.63) is 47.8 Å². The summed E-state index contributed by atoms with van der Waals surface area (Å²) in [4.78, 5) is 0. The van der Waals surface area contributed by atoms with Crippen molar-refractivity contribution in [3.8, 4) is 5.69 Å². The molecule has 0 fully saturated rings. The molecule has 3 heteroatoms. The van der Waals surface area contributed by atoms with Crippen LogP contribution in [0.4, 0.5) is 0 Å². The Hall–Kier alpha value is -1.61. The number of hydrogen-bond acceptors (Lipinski definition) is 2. The van der Waals surface area contributed by atoms with Crippen LogP contribution in [0.25, 0.3) is 5.69 Å². The molecule has 0 aliphatic carbocycles. The molecule has 15 heavy (non-hydrogen) atoms. The molecule has 3 nitrogen and oxygen atoms in total. The second kappa shape index (κ2) is 4.28. The number of nitrogens with two attached hydrogens (primary N) is 1. The van der Waals surface area contributed by atoms with Gasteiger partial charge in [-0.3, -0.25) is 0 Å². The fourth-order valence-electron chi connectivity index (χ4n) is 1.71. The predicted octanol–water partition coefficient (Wildman–Crippen LogP) is 1.89. The third-order valence-electron chi connectivity index (χ3n) is 2.53. The van der Waals surface area contributed by atoms with Crippen molar-refractivity contribution in [2.24, 2.45) is 5.73 Å². The Morgan fingerprint density at radius 1 is 1.27 bits per heavy atom. The first kappa shape index (κ1) is 9.93. The summed E-state index contributed by atoms with van der Waals surface area (Å²) in [6.07, 6.45) is 2.87. The number of nitrogens with zero attached hydrogens (tertiary/aromatic N) is 2. The lowest BCUT2D eigenvalue weighted by Crippen LogP contribution is -2.08. The molecule has 0 aliphatic rings. The minimum absolute atomic E-state index is 0.526. The van der Waals surface area contributed by atoms with Gasteiger partial charge in [0, 0.05) is 6.54 Å². The molecule has 78 valence electrons. The Labute approximate surface area is 89.5 Å². The highest BCUT2D eigenvalue weighted by Crippen LogP contribution is 2.14. The van der Waals surface area contributed by atoms with E-state index in [1.54, 1.807) is 0 Å². The summed E-state index contributed by atoms with van der Waals surface area (Å²) in [5.41, 5.74) is 9.14. The van der Waals surface area contributed by atoms with Crippen LogP contribution in [-0.4, -0.2) is 9.78 Å². The largest absolute Gasteiger partial charge is 0.325 e. The Morgan fingerprint density at radius 2 is 2.00 bits per heavy atom. The lowest BCUT2D eigenvalue weighted by Gasteiger charge is -2.06. The van der Waals surface area contributed by atoms with E-state index in [0.717, 1.165) is 17.8 Å². The van der Waals surface area contributed by atoms with Gasteiger partial charge >= 0.3 is 0 Å². The number of benzene rings is 1. The van der Waals surface area contributed by atoms with E-state index in [1.807, 2.05) is 41.2 Å². The molecule has 1 heterocycles. The highest BCUT2D eigenvalue weighted by Gasteiger charge is 2.08. The summed E-state index contributed by atoms with van der Waals surface area (Å²) in [6, 6.07) is 10.1. The van der Waals surface area contributed by atoms with E-state index >= 15 is 0 Å². The molecule has 2 aromatic rings. The smallest absolute Gasteiger partial charge is 0.0649 e. The summed E-state index contributed by atoms with van der Waals surface area (Å²) in [7, 11) is 0. The number of para-hydroxylation sites is 1. The lowest BCUT2D eigenvalue weighted by molar-refractivity contribution is 0.798. The van der Waals surface area contributed by atoms with Crippen LogP contribution >= 0.6 is 0 Å². The molecule has 0 saturated carbocycles. The maximum absolute atomic E-state index is 5.75. The van der Waals surface area contributed by atoms with Gasteiger partial charge in [0.15, 0.2) is 0 Å². The highest BCUT2D eigenvalue weighted by atomic mass is 15.3. The minimum atomic E-state index is 0.526. The topological polar surface area (TPSA) is 43.8 Å². The van der Waals surface area contributed by atoms with Gasteiger partial charge in [-0.2, -0.15) is 5.10 Å². The van der Waals surface area contributed by atoms with Crippen LogP contribution in [0.15, 0.2) is 36.5 Å². The van der Waals surface area contributed by atoms with Crippen LogP contribution in [-0.2, 0) is 13.0 Å². The van der Waals surface area contributed by atoms with Crippen LogP contribution < -0.4 is 5.73 Å². The van der Waals surface area contributed by atoms with E-state index in [4.69, 9.17) is 5.73 Å². The molecule has 2 N–H and O–H groups in total. The molecule has 2 rings (SSSR count). The SMILES string of the molecule is CCc1cnn(-c2ccccc2)c1CN. The Morgan fingerprint density at radius 3 is 2.60 bits per heavy atom. The third kappa shape index (κ3) is 1.78. The van der Waals surface area contributed by atoms with E-state index in [0.29, 0.717) is 6.54 Å². The standard InChI is InChI=1S/C12H15N3/c1-2-10-9-14-15(12(10)8-13)11-6-4-3-5-7-11/h3-7,9H,2,8,13H2,1H3. The molecule has 1 aromatic carbocycles. The van der Waals surface area contributed by atoms with E-state index in [-0.39, 0.29) is 0 Å². The van der Waals surface area contributed by atoms with Crippen molar-refractivity contribution < 1.29 is 0 Å². The molecule has 0 amide bonds. The van der Waals surface area contributed by atoms with Crippen LogP contribution in [0.2, 0.25) is 0 Å². The van der Waals surface area contributed by atoms with Gasteiger partial charge in [-0.15, -0.1) is 0 Å². The van der Waals surface area contributed by atoms with E-state index in [1.165, 1.54) is 5.56 Å². The van der Waals surface area contributed by atoms with Crippen molar-refractivity contribution in [1.29, 1.82) is 0 Å². The third-order valence-corrected chi connectivity index (χ3v) is 2.53. The van der Waals surface area contributed by atoms with Crippen LogP contribution in [0.5, 0.6) is 0 Å². The average Bonchev–Trinajstić information content (AvgIpc) is 2.72. The number of hydrogen-bond donors (Lipinski definition) is 1. The molecular formula is C12H15N3. The number of rotatable bonds is 3. The van der Waals surface area contributed by atoms with E-state index in [9.17, 15) is 0 Å². The van der Waals surface area contributed by atoms with Gasteiger partial charge in [0.1, 0.15) is 0 Å². The van der Waals surface area contributed by atoms with Gasteiger partial charge in [-0.1, -0.05) is 25.1 Å². The maximum atomic E-state index is 5.75. The summed E-state index contributed by atoms with van der Waals surface area (Å²) < 4.78 is 1.92. The van der Waals surface area contributed by atoms with Gasteiger partial charge in [0.05, 0.1) is 17.6 Å². The van der Waals surface area contributed by atoms with Gasteiger partial charge in [-0.25, -0.2) is 4.68 Å². The molecule has 0 radical (unpaired) electrons. The molecule has 0 unspecified atom stereocenters. The second-order valence-electron chi connectivity index (χ2n) is 3.42. The summed E-state index contributed by atoms with van der Waals surface area (Å²) in [5, 5.41) is 4.36. The van der Waals surface area contributed by atoms with E-state index < -0.39 is 0 Å². The van der Waals surface area contributed by atoms with E-state index in [2.05, 4.69) is 12.0 Å². The lowest BCUT2D eigenvalue weighted by atomic mass is 10.2. The van der Waals surface area contributed by atoms with Crippen molar-refractivity contribution in [2.75, 3.05) is 0 Å². The summed E-state index contributed by atoms with van der Waals surface area (Å²) in [6.45, 7) is 2.64. The Kier molecular flexibility index (Phi) is 2.83. The molecule has 0 aliphatic heterocycles. The number of aryl methyl sites for hydroxylation is 1. The molecular weight excluding hydrogens is 186 g/mol. The van der Waals surface area contributed by atoms with Gasteiger partial charge in [-0.05, 0) is 24.1 Å². The maximum Gasteiger partial charge on any atom is 0.0649 e. The second-order valence-corrected chi connectivity index (χ2v) is 3.42. The Balaban J connectivity index is 2.49. The fraction of sp³-hybridized carbons (Fsp3) is 0.250. The summed E-state index contributed by atoms with van der Waals surface area (Å²) in [5.74, 6) is 0. The molecule has 1 aromatic heterocycles. The molecule has 0 spiro atoms. The molecule has 0 atom stereocenters. The average molecular weight is 201 g/mol. The van der Waals surface area contributed by atoms with Gasteiger partial charge < -0.3 is 5.73 Å². The minimum Gasteiger partial charge on any atom is -0.325 e. The van der Waals surface area contributed by atoms with Crippen LogP contribution in [0, 0.1) is 0 Å². The fourth-order valence-corrected chi connectivity index (χ4v) is 1.71. The first-order chi connectivity index (χ1) is 7.36. The quantitative estimate of drug-likeness (QED) is 0.824. The normalized spacial score (nSPS) is 10.5. The first-order valence-electron chi connectivity index (χ1n) is 5.18. The summed E-state index contributed by atoms with van der Waals surface area (Å²) >= 11 is 0. The molecule has 0 bridgehead atoms. The van der Waals surface area contributed by atoms with Gasteiger partial charge in [0.25, 0.3) is 0 Å². The number of aromatic nitrogens is 2. The van der Waals surface area contributed by atoms with Crippen molar-refractivity contribution in [1.82, 2.24) is 9.78 Å². The van der Waals surface area contributed by atoms with Gasteiger partial charge in [0.2, 0.25) is 0 Å². The van der Waals surface area contributed by atoms with Crippen LogP contribution in [0.1, 0.15) is 18.2 Å². The van der Waals surface area contributed by atoms with Crippen molar-refractivity contribution >= 4 is 0 Å². The zero-order valence-electron chi connectivity index (χ0n) is 8.85.